The Morgan fingerprint density at radius 3 is 2.68 bits per heavy atom. The molecule has 1 heterocycles. The summed E-state index contributed by atoms with van der Waals surface area (Å²) in [7, 11) is 1.31. The van der Waals surface area contributed by atoms with E-state index in [4.69, 9.17) is 5.73 Å². The third kappa shape index (κ3) is 4.93. The fraction of sp³-hybridized carbons (Fsp3) is 0.688. The summed E-state index contributed by atoms with van der Waals surface area (Å²) in [4.78, 5) is 36.5. The molecule has 0 spiro atoms. The maximum atomic E-state index is 11.6. The van der Waals surface area contributed by atoms with Gasteiger partial charge in [0.2, 0.25) is 5.91 Å². The van der Waals surface area contributed by atoms with E-state index in [1.807, 2.05) is 0 Å². The van der Waals surface area contributed by atoms with Crippen molar-refractivity contribution >= 4 is 18.0 Å². The number of hydrogen-bond acceptors (Lipinski definition) is 6. The van der Waals surface area contributed by atoms with Crippen molar-refractivity contribution in [2.75, 3.05) is 20.2 Å². The highest BCUT2D eigenvalue weighted by Gasteiger charge is 2.38. The number of carbonyl (C=O) groups excluding carboxylic acids is 2. The first-order valence-corrected chi connectivity index (χ1v) is 8.37. The van der Waals surface area contributed by atoms with Gasteiger partial charge >= 0.3 is 12.1 Å². The van der Waals surface area contributed by atoms with Crippen LogP contribution in [0.5, 0.6) is 0 Å². The molecule has 2 rings (SSSR count). The van der Waals surface area contributed by atoms with Crippen molar-refractivity contribution in [1.82, 2.24) is 15.5 Å². The van der Waals surface area contributed by atoms with Crippen molar-refractivity contribution in [2.24, 2.45) is 5.73 Å². The number of nitrogens with one attached hydrogen (secondary N) is 2. The van der Waals surface area contributed by atoms with Gasteiger partial charge in [0.05, 0.1) is 19.2 Å². The Hall–Kier alpha value is -2.13. The SMILES string of the molecule is COC(=O)N[C@H]1CCCN([C@@H]2C=C(C(=O)O)C[C@H](N)[C@H]2NC(C)=O)C1. The zero-order valence-electron chi connectivity index (χ0n) is 14.5. The molecule has 0 aromatic rings. The third-order valence-electron chi connectivity index (χ3n) is 4.68. The molecule has 0 radical (unpaired) electrons. The average Bonchev–Trinajstić information content (AvgIpc) is 2.56. The predicted octanol–water partition coefficient (Wildman–Crippen LogP) is -0.578. The van der Waals surface area contributed by atoms with Crippen molar-refractivity contribution in [3.8, 4) is 0 Å². The van der Waals surface area contributed by atoms with E-state index in [0.717, 1.165) is 19.4 Å². The Balaban J connectivity index is 2.20. The minimum absolute atomic E-state index is 0.0981. The number of amides is 2. The predicted molar refractivity (Wildman–Crippen MR) is 89.8 cm³/mol. The molecule has 25 heavy (non-hydrogen) atoms. The van der Waals surface area contributed by atoms with Gasteiger partial charge in [-0.3, -0.25) is 9.69 Å². The Morgan fingerprint density at radius 1 is 1.36 bits per heavy atom. The summed E-state index contributed by atoms with van der Waals surface area (Å²) in [6.07, 6.45) is 3.03. The van der Waals surface area contributed by atoms with Crippen molar-refractivity contribution in [3.05, 3.63) is 11.6 Å². The molecule has 2 amide bonds. The molecular weight excluding hydrogens is 328 g/mol. The summed E-state index contributed by atoms with van der Waals surface area (Å²) in [6, 6.07) is -1.29. The van der Waals surface area contributed by atoms with Gasteiger partial charge in [0.1, 0.15) is 0 Å². The lowest BCUT2D eigenvalue weighted by Gasteiger charge is -2.44. The van der Waals surface area contributed by atoms with Crippen LogP contribution in [-0.2, 0) is 14.3 Å². The lowest BCUT2D eigenvalue weighted by molar-refractivity contribution is -0.133. The maximum Gasteiger partial charge on any atom is 0.407 e. The molecule has 1 aliphatic heterocycles. The molecule has 0 saturated carbocycles. The Bertz CT molecular complexity index is 565. The van der Waals surface area contributed by atoms with Gasteiger partial charge in [0.25, 0.3) is 0 Å². The molecule has 140 valence electrons. The molecule has 9 nitrogen and oxygen atoms in total. The molecule has 1 fully saturated rings. The minimum Gasteiger partial charge on any atom is -0.478 e. The first-order valence-electron chi connectivity index (χ1n) is 8.37. The second-order valence-electron chi connectivity index (χ2n) is 6.55. The van der Waals surface area contributed by atoms with Crippen LogP contribution < -0.4 is 16.4 Å². The largest absolute Gasteiger partial charge is 0.478 e. The topological polar surface area (TPSA) is 134 Å². The zero-order valence-corrected chi connectivity index (χ0v) is 14.5. The van der Waals surface area contributed by atoms with Crippen LogP contribution in [0.15, 0.2) is 11.6 Å². The monoisotopic (exact) mass is 354 g/mol. The van der Waals surface area contributed by atoms with Crippen LogP contribution >= 0.6 is 0 Å². The van der Waals surface area contributed by atoms with E-state index in [0.29, 0.717) is 6.54 Å². The van der Waals surface area contributed by atoms with E-state index in [-0.39, 0.29) is 36.0 Å². The van der Waals surface area contributed by atoms with E-state index in [1.165, 1.54) is 14.0 Å². The van der Waals surface area contributed by atoms with Crippen LogP contribution in [0.2, 0.25) is 0 Å². The number of ether oxygens (including phenoxy) is 1. The maximum absolute atomic E-state index is 11.6. The number of nitrogens with zero attached hydrogens (tertiary/aromatic N) is 1. The quantitative estimate of drug-likeness (QED) is 0.531. The lowest BCUT2D eigenvalue weighted by Crippen LogP contribution is -2.63. The number of nitrogens with two attached hydrogens (primary N) is 1. The fourth-order valence-corrected chi connectivity index (χ4v) is 3.55. The summed E-state index contributed by atoms with van der Waals surface area (Å²) >= 11 is 0. The van der Waals surface area contributed by atoms with Gasteiger partial charge < -0.3 is 26.2 Å². The molecule has 1 saturated heterocycles. The van der Waals surface area contributed by atoms with E-state index in [9.17, 15) is 19.5 Å². The number of carboxylic acids is 1. The van der Waals surface area contributed by atoms with Gasteiger partial charge in [-0.05, 0) is 25.8 Å². The number of carbonyl (C=O) groups is 3. The minimum atomic E-state index is -0.997. The number of hydrogen-bond donors (Lipinski definition) is 4. The van der Waals surface area contributed by atoms with Crippen molar-refractivity contribution < 1.29 is 24.2 Å². The first kappa shape index (κ1) is 19.2. The average molecular weight is 354 g/mol. The number of likely N-dealkylation sites (tertiary alicyclic amines) is 1. The van der Waals surface area contributed by atoms with Gasteiger partial charge in [-0.2, -0.15) is 0 Å². The molecule has 0 unspecified atom stereocenters. The summed E-state index contributed by atoms with van der Waals surface area (Å²) in [5.41, 5.74) is 6.41. The van der Waals surface area contributed by atoms with E-state index in [1.54, 1.807) is 6.08 Å². The summed E-state index contributed by atoms with van der Waals surface area (Å²) in [5, 5.41) is 15.0. The Morgan fingerprint density at radius 2 is 2.08 bits per heavy atom. The highest BCUT2D eigenvalue weighted by molar-refractivity contribution is 5.87. The Kier molecular flexibility index (Phi) is 6.38. The van der Waals surface area contributed by atoms with E-state index in [2.05, 4.69) is 20.3 Å². The molecule has 0 aromatic heterocycles. The second kappa shape index (κ2) is 8.30. The van der Waals surface area contributed by atoms with Crippen LogP contribution in [0.1, 0.15) is 26.2 Å². The van der Waals surface area contributed by atoms with Gasteiger partial charge in [0, 0.05) is 31.1 Å². The molecule has 2 aliphatic rings. The molecule has 1 aliphatic carbocycles. The smallest absolute Gasteiger partial charge is 0.407 e. The van der Waals surface area contributed by atoms with Gasteiger partial charge in [-0.1, -0.05) is 6.08 Å². The zero-order chi connectivity index (χ0) is 18.6. The number of aliphatic carboxylic acids is 1. The van der Waals surface area contributed by atoms with E-state index >= 15 is 0 Å². The molecular formula is C16H26N4O5. The van der Waals surface area contributed by atoms with Crippen molar-refractivity contribution in [3.63, 3.8) is 0 Å². The Labute approximate surface area is 146 Å². The highest BCUT2D eigenvalue weighted by Crippen LogP contribution is 2.25. The van der Waals surface area contributed by atoms with Gasteiger partial charge in [-0.15, -0.1) is 0 Å². The highest BCUT2D eigenvalue weighted by atomic mass is 16.5. The number of methoxy groups -OCH3 is 1. The van der Waals surface area contributed by atoms with Crippen molar-refractivity contribution in [1.29, 1.82) is 0 Å². The molecule has 0 aromatic carbocycles. The van der Waals surface area contributed by atoms with Crippen LogP contribution in [0.3, 0.4) is 0 Å². The molecule has 4 atom stereocenters. The number of rotatable bonds is 4. The molecule has 9 heteroatoms. The van der Waals surface area contributed by atoms with Crippen LogP contribution in [0.25, 0.3) is 0 Å². The van der Waals surface area contributed by atoms with Crippen LogP contribution in [0.4, 0.5) is 4.79 Å². The summed E-state index contributed by atoms with van der Waals surface area (Å²) in [6.45, 7) is 2.68. The third-order valence-corrected chi connectivity index (χ3v) is 4.68. The first-order chi connectivity index (χ1) is 11.8. The van der Waals surface area contributed by atoms with Gasteiger partial charge in [-0.25, -0.2) is 9.59 Å². The second-order valence-corrected chi connectivity index (χ2v) is 6.55. The summed E-state index contributed by atoms with van der Waals surface area (Å²) < 4.78 is 4.64. The fourth-order valence-electron chi connectivity index (χ4n) is 3.55. The number of piperidine rings is 1. The molecule has 0 bridgehead atoms. The molecule has 5 N–H and O–H groups in total. The normalized spacial score (nSPS) is 30.1. The summed E-state index contributed by atoms with van der Waals surface area (Å²) in [5.74, 6) is -1.21. The number of alkyl carbamates (subject to hydrolysis) is 1. The standard InChI is InChI=1S/C16H26N4O5/c1-9(21)18-14-12(17)6-10(15(22)23)7-13(14)20-5-3-4-11(8-20)19-16(24)25-2/h7,11-14H,3-6,8,17H2,1-2H3,(H,18,21)(H,19,24)(H,22,23)/t11-,12-,13+,14+/m0/s1. The van der Waals surface area contributed by atoms with Crippen LogP contribution in [0, 0.1) is 0 Å². The number of carboxylic acid groups (broad SMARTS) is 1. The van der Waals surface area contributed by atoms with Crippen LogP contribution in [-0.4, -0.2) is 72.3 Å². The lowest BCUT2D eigenvalue weighted by atomic mass is 9.85. The van der Waals surface area contributed by atoms with Gasteiger partial charge in [0.15, 0.2) is 0 Å². The van der Waals surface area contributed by atoms with E-state index < -0.39 is 18.1 Å². The van der Waals surface area contributed by atoms with Crippen molar-refractivity contribution in [2.45, 2.75) is 50.4 Å².